The Morgan fingerprint density at radius 1 is 1.14 bits per heavy atom. The van der Waals surface area contributed by atoms with Crippen molar-refractivity contribution in [1.29, 1.82) is 5.26 Å². The molecule has 0 bridgehead atoms. The van der Waals surface area contributed by atoms with Crippen molar-refractivity contribution >= 4 is 17.3 Å². The molecule has 0 saturated heterocycles. The third kappa shape index (κ3) is 2.95. The van der Waals surface area contributed by atoms with Crippen LogP contribution in [0.4, 0.5) is 24.5 Å². The summed E-state index contributed by atoms with van der Waals surface area (Å²) in [7, 11) is 0. The van der Waals surface area contributed by atoms with Gasteiger partial charge in [-0.1, -0.05) is 0 Å². The van der Waals surface area contributed by atoms with E-state index >= 15 is 0 Å². The maximum atomic E-state index is 13.5. The minimum atomic E-state index is -1.33. The average Bonchev–Trinajstić information content (AvgIpc) is 2.39. The highest BCUT2D eigenvalue weighted by Gasteiger charge is 2.20. The summed E-state index contributed by atoms with van der Waals surface area (Å²) in [4.78, 5) is 11.9. The van der Waals surface area contributed by atoms with E-state index in [0.717, 1.165) is 0 Å². The number of hydrogen-bond donors (Lipinski definition) is 2. The number of carbonyl (C=O) groups is 1. The summed E-state index contributed by atoms with van der Waals surface area (Å²) in [5, 5.41) is 11.1. The first-order valence-electron chi connectivity index (χ1n) is 5.68. The Balaban J connectivity index is 2.38. The van der Waals surface area contributed by atoms with Crippen LogP contribution in [0.5, 0.6) is 0 Å². The second-order valence-electron chi connectivity index (χ2n) is 4.12. The molecule has 0 aliphatic heterocycles. The third-order valence-corrected chi connectivity index (χ3v) is 2.65. The summed E-state index contributed by atoms with van der Waals surface area (Å²) in [6, 6.07) is 6.61. The quantitative estimate of drug-likeness (QED) is 0.835. The number of hydrogen-bond acceptors (Lipinski definition) is 3. The summed E-state index contributed by atoms with van der Waals surface area (Å²) < 4.78 is 39.8. The fraction of sp³-hybridized carbons (Fsp3) is 0. The van der Waals surface area contributed by atoms with Gasteiger partial charge in [-0.25, -0.2) is 13.2 Å². The number of nitrogens with one attached hydrogen (secondary N) is 1. The van der Waals surface area contributed by atoms with Crippen molar-refractivity contribution in [2.75, 3.05) is 11.1 Å². The third-order valence-electron chi connectivity index (χ3n) is 2.65. The zero-order valence-electron chi connectivity index (χ0n) is 10.5. The van der Waals surface area contributed by atoms with E-state index < -0.39 is 28.9 Å². The van der Waals surface area contributed by atoms with Crippen molar-refractivity contribution in [3.05, 3.63) is 58.9 Å². The zero-order valence-corrected chi connectivity index (χ0v) is 10.5. The monoisotopic (exact) mass is 291 g/mol. The van der Waals surface area contributed by atoms with Crippen LogP contribution in [0.3, 0.4) is 0 Å². The van der Waals surface area contributed by atoms with Crippen LogP contribution in [0, 0.1) is 28.8 Å². The van der Waals surface area contributed by atoms with Crippen molar-refractivity contribution in [2.45, 2.75) is 0 Å². The van der Waals surface area contributed by atoms with Gasteiger partial charge in [0, 0.05) is 17.8 Å². The number of anilines is 2. The molecular formula is C14H8F3N3O. The molecule has 0 aliphatic rings. The van der Waals surface area contributed by atoms with E-state index in [1.165, 1.54) is 18.2 Å². The first-order valence-corrected chi connectivity index (χ1v) is 5.68. The van der Waals surface area contributed by atoms with Gasteiger partial charge in [0.15, 0.2) is 0 Å². The van der Waals surface area contributed by atoms with Gasteiger partial charge in [0.2, 0.25) is 0 Å². The van der Waals surface area contributed by atoms with Crippen LogP contribution in [0.25, 0.3) is 0 Å². The first kappa shape index (κ1) is 14.4. The van der Waals surface area contributed by atoms with Gasteiger partial charge in [-0.3, -0.25) is 4.79 Å². The predicted octanol–water partition coefficient (Wildman–Crippen LogP) is 2.81. The number of nitrogen functional groups attached to an aromatic ring is 1. The van der Waals surface area contributed by atoms with Gasteiger partial charge in [-0.15, -0.1) is 0 Å². The Morgan fingerprint density at radius 3 is 2.33 bits per heavy atom. The molecule has 0 unspecified atom stereocenters. The van der Waals surface area contributed by atoms with E-state index in [-0.39, 0.29) is 11.3 Å². The average molecular weight is 291 g/mol. The SMILES string of the molecule is N#Cc1cc(N)ccc1NC(=O)c1c(F)cc(F)cc1F. The van der Waals surface area contributed by atoms with E-state index in [0.29, 0.717) is 17.8 Å². The number of amides is 1. The molecular weight excluding hydrogens is 283 g/mol. The molecule has 106 valence electrons. The molecule has 2 aromatic rings. The van der Waals surface area contributed by atoms with E-state index in [9.17, 15) is 18.0 Å². The van der Waals surface area contributed by atoms with Gasteiger partial charge in [0.25, 0.3) is 5.91 Å². The number of rotatable bonds is 2. The van der Waals surface area contributed by atoms with Crippen LogP contribution in [0.1, 0.15) is 15.9 Å². The fourth-order valence-electron chi connectivity index (χ4n) is 1.71. The molecule has 3 N–H and O–H groups in total. The molecule has 2 aromatic carbocycles. The summed E-state index contributed by atoms with van der Waals surface area (Å²) >= 11 is 0. The van der Waals surface area contributed by atoms with E-state index in [4.69, 9.17) is 11.0 Å². The van der Waals surface area contributed by atoms with E-state index in [1.54, 1.807) is 6.07 Å². The van der Waals surface area contributed by atoms with Crippen molar-refractivity contribution in [2.24, 2.45) is 0 Å². The molecule has 0 aromatic heterocycles. The highest BCUT2D eigenvalue weighted by molar-refractivity contribution is 6.05. The first-order chi connectivity index (χ1) is 9.92. The predicted molar refractivity (Wildman–Crippen MR) is 69.8 cm³/mol. The number of nitrogens with two attached hydrogens (primary N) is 1. The van der Waals surface area contributed by atoms with Gasteiger partial charge >= 0.3 is 0 Å². The van der Waals surface area contributed by atoms with Gasteiger partial charge < -0.3 is 11.1 Å². The lowest BCUT2D eigenvalue weighted by Gasteiger charge is -2.09. The molecule has 0 spiro atoms. The lowest BCUT2D eigenvalue weighted by atomic mass is 10.1. The maximum Gasteiger partial charge on any atom is 0.261 e. The van der Waals surface area contributed by atoms with Crippen LogP contribution in [-0.2, 0) is 0 Å². The molecule has 0 heterocycles. The second kappa shape index (κ2) is 5.54. The van der Waals surface area contributed by atoms with Gasteiger partial charge in [-0.05, 0) is 18.2 Å². The highest BCUT2D eigenvalue weighted by Crippen LogP contribution is 2.21. The van der Waals surface area contributed by atoms with Gasteiger partial charge in [-0.2, -0.15) is 5.26 Å². The Morgan fingerprint density at radius 2 is 1.76 bits per heavy atom. The summed E-state index contributed by atoms with van der Waals surface area (Å²) in [6.45, 7) is 0. The number of carbonyl (C=O) groups excluding carboxylic acids is 1. The molecule has 0 atom stereocenters. The van der Waals surface area contributed by atoms with Crippen molar-refractivity contribution in [3.63, 3.8) is 0 Å². The molecule has 2 rings (SSSR count). The minimum absolute atomic E-state index is 0.0336. The zero-order chi connectivity index (χ0) is 15.6. The molecule has 1 amide bonds. The molecule has 0 radical (unpaired) electrons. The molecule has 4 nitrogen and oxygen atoms in total. The van der Waals surface area contributed by atoms with Crippen molar-refractivity contribution in [1.82, 2.24) is 0 Å². The largest absolute Gasteiger partial charge is 0.399 e. The Labute approximate surface area is 117 Å². The normalized spacial score (nSPS) is 10.0. The second-order valence-corrected chi connectivity index (χ2v) is 4.12. The molecule has 21 heavy (non-hydrogen) atoms. The van der Waals surface area contributed by atoms with Crippen molar-refractivity contribution < 1.29 is 18.0 Å². The van der Waals surface area contributed by atoms with Gasteiger partial charge in [0.1, 0.15) is 29.1 Å². The summed E-state index contributed by atoms with van der Waals surface area (Å²) in [5.74, 6) is -4.93. The van der Waals surface area contributed by atoms with Crippen LogP contribution in [0.2, 0.25) is 0 Å². The topological polar surface area (TPSA) is 78.9 Å². The number of benzene rings is 2. The fourth-order valence-corrected chi connectivity index (χ4v) is 1.71. The molecule has 0 aliphatic carbocycles. The van der Waals surface area contributed by atoms with Crippen LogP contribution < -0.4 is 11.1 Å². The van der Waals surface area contributed by atoms with E-state index in [1.807, 2.05) is 0 Å². The standard InChI is InChI=1S/C14H8F3N3O/c15-8-4-10(16)13(11(17)5-8)14(21)20-12-2-1-9(19)3-7(12)6-18/h1-5H,19H2,(H,20,21). The minimum Gasteiger partial charge on any atom is -0.399 e. The lowest BCUT2D eigenvalue weighted by molar-refractivity contribution is 0.101. The number of nitriles is 1. The maximum absolute atomic E-state index is 13.5. The molecule has 0 fully saturated rings. The van der Waals surface area contributed by atoms with Crippen LogP contribution in [0.15, 0.2) is 30.3 Å². The Kier molecular flexibility index (Phi) is 3.80. The molecule has 7 heteroatoms. The van der Waals surface area contributed by atoms with Crippen LogP contribution >= 0.6 is 0 Å². The smallest absolute Gasteiger partial charge is 0.261 e. The van der Waals surface area contributed by atoms with Crippen LogP contribution in [-0.4, -0.2) is 5.91 Å². The summed E-state index contributed by atoms with van der Waals surface area (Å²) in [5.41, 5.74) is 4.92. The van der Waals surface area contributed by atoms with E-state index in [2.05, 4.69) is 5.32 Å². The molecule has 0 saturated carbocycles. The Bertz CT molecular complexity index is 746. The lowest BCUT2D eigenvalue weighted by Crippen LogP contribution is -2.17. The van der Waals surface area contributed by atoms with Crippen molar-refractivity contribution in [3.8, 4) is 6.07 Å². The van der Waals surface area contributed by atoms with Gasteiger partial charge in [0.05, 0.1) is 11.3 Å². The number of nitrogens with zero attached hydrogens (tertiary/aromatic N) is 1. The summed E-state index contributed by atoms with van der Waals surface area (Å²) in [6.07, 6.45) is 0. The number of halogens is 3. The Hall–Kier alpha value is -3.01. The highest BCUT2D eigenvalue weighted by atomic mass is 19.1.